The van der Waals surface area contributed by atoms with E-state index >= 15 is 0 Å². The third kappa shape index (κ3) is 3.69. The summed E-state index contributed by atoms with van der Waals surface area (Å²) in [7, 11) is 0. The summed E-state index contributed by atoms with van der Waals surface area (Å²) in [5.74, 6) is 0. The van der Waals surface area contributed by atoms with Crippen LogP contribution in [0.2, 0.25) is 0 Å². The van der Waals surface area contributed by atoms with Crippen LogP contribution in [0.5, 0.6) is 0 Å². The van der Waals surface area contributed by atoms with Crippen molar-refractivity contribution in [1.82, 2.24) is 0 Å². The monoisotopic (exact) mass is 241 g/mol. The van der Waals surface area contributed by atoms with Crippen LogP contribution in [0.1, 0.15) is 12.0 Å². The summed E-state index contributed by atoms with van der Waals surface area (Å²) in [5, 5.41) is 0. The van der Waals surface area contributed by atoms with Gasteiger partial charge in [0, 0.05) is 6.61 Å². The maximum absolute atomic E-state index is 5.53. The van der Waals surface area contributed by atoms with Crippen LogP contribution in [0.15, 0.2) is 54.6 Å². The molecule has 0 amide bonds. The number of hydrogen-bond acceptors (Lipinski definition) is 2. The van der Waals surface area contributed by atoms with E-state index in [1.54, 1.807) is 0 Å². The van der Waals surface area contributed by atoms with E-state index in [1.807, 2.05) is 6.07 Å². The molecule has 0 radical (unpaired) electrons. The van der Waals surface area contributed by atoms with Crippen LogP contribution in [0.4, 0.5) is 0 Å². The Morgan fingerprint density at radius 3 is 2.17 bits per heavy atom. The molecular weight excluding hydrogens is 222 g/mol. The topological polar surface area (TPSA) is 35.2 Å². The summed E-state index contributed by atoms with van der Waals surface area (Å²) in [4.78, 5) is 0. The maximum Gasteiger partial charge on any atom is 0.0716 e. The molecule has 18 heavy (non-hydrogen) atoms. The molecule has 0 aliphatic carbocycles. The lowest BCUT2D eigenvalue weighted by molar-refractivity contribution is 0.120. The Morgan fingerprint density at radius 1 is 0.833 bits per heavy atom. The van der Waals surface area contributed by atoms with Gasteiger partial charge in [0.25, 0.3) is 0 Å². The summed E-state index contributed by atoms with van der Waals surface area (Å²) in [6.07, 6.45) is 0.919. The Hall–Kier alpha value is -1.64. The van der Waals surface area contributed by atoms with Crippen molar-refractivity contribution in [3.05, 3.63) is 60.2 Å². The average Bonchev–Trinajstić information content (AvgIpc) is 2.45. The molecule has 2 aromatic carbocycles. The van der Waals surface area contributed by atoms with Gasteiger partial charge < -0.3 is 10.5 Å². The molecule has 0 saturated heterocycles. The average molecular weight is 241 g/mol. The fourth-order valence-corrected chi connectivity index (χ4v) is 1.80. The molecule has 0 saturated carbocycles. The lowest BCUT2D eigenvalue weighted by Gasteiger charge is -2.05. The third-order valence-corrected chi connectivity index (χ3v) is 2.82. The molecule has 0 atom stereocenters. The number of rotatable bonds is 6. The Labute approximate surface area is 108 Å². The highest BCUT2D eigenvalue weighted by atomic mass is 16.5. The van der Waals surface area contributed by atoms with Crippen LogP contribution in [-0.4, -0.2) is 13.2 Å². The van der Waals surface area contributed by atoms with Crippen molar-refractivity contribution in [3.8, 4) is 11.1 Å². The van der Waals surface area contributed by atoms with Crippen molar-refractivity contribution in [2.75, 3.05) is 13.2 Å². The first-order valence-electron chi connectivity index (χ1n) is 6.32. The molecule has 0 aliphatic heterocycles. The van der Waals surface area contributed by atoms with Crippen molar-refractivity contribution in [3.63, 3.8) is 0 Å². The Kier molecular flexibility index (Phi) is 4.94. The minimum absolute atomic E-state index is 0.662. The van der Waals surface area contributed by atoms with E-state index in [-0.39, 0.29) is 0 Å². The van der Waals surface area contributed by atoms with Crippen LogP contribution in [-0.2, 0) is 11.3 Å². The predicted molar refractivity (Wildman–Crippen MR) is 75.2 cm³/mol. The smallest absolute Gasteiger partial charge is 0.0716 e. The van der Waals surface area contributed by atoms with E-state index in [9.17, 15) is 0 Å². The molecule has 94 valence electrons. The van der Waals surface area contributed by atoms with Crippen LogP contribution in [0.3, 0.4) is 0 Å². The predicted octanol–water partition coefficient (Wildman–Crippen LogP) is 3.22. The van der Waals surface area contributed by atoms with Crippen LogP contribution >= 0.6 is 0 Å². The summed E-state index contributed by atoms with van der Waals surface area (Å²) in [5.41, 5.74) is 9.09. The highest BCUT2D eigenvalue weighted by Gasteiger charge is 1.97. The van der Waals surface area contributed by atoms with Gasteiger partial charge in [-0.3, -0.25) is 0 Å². The standard InChI is InChI=1S/C16H19NO/c17-11-4-12-18-13-14-7-9-16(10-8-14)15-5-2-1-3-6-15/h1-3,5-10H,4,11-13,17H2. The number of nitrogens with two attached hydrogens (primary N) is 1. The van der Waals surface area contributed by atoms with Gasteiger partial charge in [-0.25, -0.2) is 0 Å². The number of benzene rings is 2. The molecule has 0 bridgehead atoms. The van der Waals surface area contributed by atoms with E-state index in [0.717, 1.165) is 13.0 Å². The van der Waals surface area contributed by atoms with Gasteiger partial charge in [0.05, 0.1) is 6.61 Å². The molecule has 2 rings (SSSR count). The van der Waals surface area contributed by atoms with E-state index in [0.29, 0.717) is 13.2 Å². The zero-order chi connectivity index (χ0) is 12.6. The normalized spacial score (nSPS) is 10.5. The molecule has 0 unspecified atom stereocenters. The molecule has 0 heterocycles. The summed E-state index contributed by atoms with van der Waals surface area (Å²) in [6.45, 7) is 2.08. The van der Waals surface area contributed by atoms with Crippen molar-refractivity contribution < 1.29 is 4.74 Å². The van der Waals surface area contributed by atoms with Crippen molar-refractivity contribution in [2.24, 2.45) is 5.73 Å². The minimum Gasteiger partial charge on any atom is -0.377 e. The Bertz CT molecular complexity index is 450. The lowest BCUT2D eigenvalue weighted by Crippen LogP contribution is -2.04. The molecule has 0 aliphatic rings. The summed E-state index contributed by atoms with van der Waals surface area (Å²) < 4.78 is 5.53. The highest BCUT2D eigenvalue weighted by Crippen LogP contribution is 2.19. The molecule has 0 fully saturated rings. The lowest BCUT2D eigenvalue weighted by atomic mass is 10.0. The second kappa shape index (κ2) is 6.94. The summed E-state index contributed by atoms with van der Waals surface area (Å²) in [6, 6.07) is 18.9. The van der Waals surface area contributed by atoms with Gasteiger partial charge in [-0.2, -0.15) is 0 Å². The third-order valence-electron chi connectivity index (χ3n) is 2.82. The van der Waals surface area contributed by atoms with Crippen molar-refractivity contribution in [2.45, 2.75) is 13.0 Å². The van der Waals surface area contributed by atoms with Gasteiger partial charge in [-0.05, 0) is 29.7 Å². The quantitative estimate of drug-likeness (QED) is 0.788. The van der Waals surface area contributed by atoms with Crippen LogP contribution in [0.25, 0.3) is 11.1 Å². The molecule has 2 heteroatoms. The first-order chi connectivity index (χ1) is 8.90. The van der Waals surface area contributed by atoms with Crippen molar-refractivity contribution in [1.29, 1.82) is 0 Å². The maximum atomic E-state index is 5.53. The van der Waals surface area contributed by atoms with Gasteiger partial charge in [0.2, 0.25) is 0 Å². The van der Waals surface area contributed by atoms with Gasteiger partial charge >= 0.3 is 0 Å². The summed E-state index contributed by atoms with van der Waals surface area (Å²) >= 11 is 0. The fraction of sp³-hybridized carbons (Fsp3) is 0.250. The second-order valence-corrected chi connectivity index (χ2v) is 4.26. The Balaban J connectivity index is 1.94. The zero-order valence-electron chi connectivity index (χ0n) is 10.5. The van der Waals surface area contributed by atoms with E-state index < -0.39 is 0 Å². The highest BCUT2D eigenvalue weighted by molar-refractivity contribution is 5.63. The molecule has 2 nitrogen and oxygen atoms in total. The zero-order valence-corrected chi connectivity index (χ0v) is 10.5. The van der Waals surface area contributed by atoms with Crippen molar-refractivity contribution >= 4 is 0 Å². The van der Waals surface area contributed by atoms with Crippen LogP contribution in [0, 0.1) is 0 Å². The first-order valence-corrected chi connectivity index (χ1v) is 6.32. The first kappa shape index (κ1) is 12.8. The van der Waals surface area contributed by atoms with Gasteiger partial charge in [0.1, 0.15) is 0 Å². The molecular formula is C16H19NO. The minimum atomic E-state index is 0.662. The second-order valence-electron chi connectivity index (χ2n) is 4.26. The Morgan fingerprint density at radius 2 is 1.50 bits per heavy atom. The van der Waals surface area contributed by atoms with E-state index in [4.69, 9.17) is 10.5 Å². The van der Waals surface area contributed by atoms with Gasteiger partial charge in [0.15, 0.2) is 0 Å². The van der Waals surface area contributed by atoms with Crippen LogP contribution < -0.4 is 5.73 Å². The van der Waals surface area contributed by atoms with Gasteiger partial charge in [-0.1, -0.05) is 54.6 Å². The van der Waals surface area contributed by atoms with E-state index in [1.165, 1.54) is 16.7 Å². The SMILES string of the molecule is NCCCOCc1ccc(-c2ccccc2)cc1. The number of ether oxygens (including phenoxy) is 1. The van der Waals surface area contributed by atoms with E-state index in [2.05, 4.69) is 48.5 Å². The molecule has 2 N–H and O–H groups in total. The fourth-order valence-electron chi connectivity index (χ4n) is 1.80. The molecule has 0 aromatic heterocycles. The largest absolute Gasteiger partial charge is 0.377 e. The molecule has 0 spiro atoms. The molecule has 2 aromatic rings. The number of hydrogen-bond donors (Lipinski definition) is 1. The van der Waals surface area contributed by atoms with Gasteiger partial charge in [-0.15, -0.1) is 0 Å².